The van der Waals surface area contributed by atoms with Gasteiger partial charge in [0.25, 0.3) is 0 Å². The van der Waals surface area contributed by atoms with Crippen LogP contribution in [0.3, 0.4) is 0 Å². The second-order valence-corrected chi connectivity index (χ2v) is 4.21. The zero-order valence-electron chi connectivity index (χ0n) is 6.68. The third-order valence-electron chi connectivity index (χ3n) is 1.77. The number of halogens is 3. The van der Waals surface area contributed by atoms with Gasteiger partial charge >= 0.3 is 5.63 Å². The predicted molar refractivity (Wildman–Crippen MR) is 60.2 cm³/mol. The van der Waals surface area contributed by atoms with Crippen LogP contribution < -0.4 is 5.63 Å². The molecule has 1 aromatic carbocycles. The molecule has 2 nitrogen and oxygen atoms in total. The summed E-state index contributed by atoms with van der Waals surface area (Å²) in [5, 5.41) is 1.30. The molecule has 1 aromatic heterocycles. The van der Waals surface area contributed by atoms with Crippen LogP contribution in [0.25, 0.3) is 11.0 Å². The first kappa shape index (κ1) is 10.0. The second kappa shape index (κ2) is 3.57. The zero-order chi connectivity index (χ0) is 10.3. The minimum Gasteiger partial charge on any atom is -0.420 e. The SMILES string of the molecule is O=c1oc2c(Cl)cccc2c(Cl)c1Br. The van der Waals surface area contributed by atoms with E-state index in [9.17, 15) is 4.79 Å². The van der Waals surface area contributed by atoms with E-state index in [1.165, 1.54) is 0 Å². The molecule has 0 saturated carbocycles. The van der Waals surface area contributed by atoms with Gasteiger partial charge in [-0.2, -0.15) is 0 Å². The van der Waals surface area contributed by atoms with Crippen molar-refractivity contribution in [1.82, 2.24) is 0 Å². The molecule has 5 heteroatoms. The lowest BCUT2D eigenvalue weighted by Gasteiger charge is -2.01. The molecule has 0 N–H and O–H groups in total. The van der Waals surface area contributed by atoms with Gasteiger partial charge in [0.1, 0.15) is 4.47 Å². The van der Waals surface area contributed by atoms with E-state index >= 15 is 0 Å². The highest BCUT2D eigenvalue weighted by atomic mass is 79.9. The van der Waals surface area contributed by atoms with E-state index in [0.29, 0.717) is 21.0 Å². The number of hydrogen-bond donors (Lipinski definition) is 0. The summed E-state index contributed by atoms with van der Waals surface area (Å²) >= 11 is 14.8. The summed E-state index contributed by atoms with van der Waals surface area (Å²) in [7, 11) is 0. The van der Waals surface area contributed by atoms with Gasteiger partial charge in [-0.05, 0) is 28.1 Å². The van der Waals surface area contributed by atoms with Gasteiger partial charge in [0, 0.05) is 5.39 Å². The van der Waals surface area contributed by atoms with Crippen LogP contribution in [0.2, 0.25) is 10.0 Å². The summed E-state index contributed by atoms with van der Waals surface area (Å²) in [6.07, 6.45) is 0. The van der Waals surface area contributed by atoms with E-state index in [-0.39, 0.29) is 4.47 Å². The molecule has 14 heavy (non-hydrogen) atoms. The molecule has 0 spiro atoms. The van der Waals surface area contributed by atoms with Crippen molar-refractivity contribution in [3.63, 3.8) is 0 Å². The quantitative estimate of drug-likeness (QED) is 0.691. The number of fused-ring (bicyclic) bond motifs is 1. The van der Waals surface area contributed by atoms with E-state index in [0.717, 1.165) is 0 Å². The molecule has 0 fully saturated rings. The Labute approximate surface area is 97.6 Å². The number of para-hydroxylation sites is 1. The highest BCUT2D eigenvalue weighted by Gasteiger charge is 2.11. The maximum absolute atomic E-state index is 11.2. The Hall–Kier alpha value is -0.510. The molecular weight excluding hydrogens is 291 g/mol. The molecule has 0 unspecified atom stereocenters. The number of hydrogen-bond acceptors (Lipinski definition) is 2. The maximum atomic E-state index is 11.2. The van der Waals surface area contributed by atoms with Crippen molar-refractivity contribution < 1.29 is 4.42 Å². The summed E-state index contributed by atoms with van der Waals surface area (Å²) in [5.74, 6) is 0. The Balaban J connectivity index is 3.06. The van der Waals surface area contributed by atoms with Gasteiger partial charge in [-0.1, -0.05) is 29.3 Å². The van der Waals surface area contributed by atoms with E-state index in [1.54, 1.807) is 18.2 Å². The molecule has 72 valence electrons. The van der Waals surface area contributed by atoms with E-state index < -0.39 is 5.63 Å². The zero-order valence-corrected chi connectivity index (χ0v) is 9.78. The summed E-state index contributed by atoms with van der Waals surface area (Å²) in [5.41, 5.74) is -0.219. The molecule has 0 aliphatic heterocycles. The van der Waals surface area contributed by atoms with Gasteiger partial charge in [-0.3, -0.25) is 0 Å². The molecule has 0 radical (unpaired) electrons. The van der Waals surface area contributed by atoms with Crippen molar-refractivity contribution in [1.29, 1.82) is 0 Å². The minimum atomic E-state index is -0.532. The smallest absolute Gasteiger partial charge is 0.352 e. The lowest BCUT2D eigenvalue weighted by molar-refractivity contribution is 0.557. The van der Waals surface area contributed by atoms with E-state index in [2.05, 4.69) is 15.9 Å². The van der Waals surface area contributed by atoms with Crippen LogP contribution >= 0.6 is 39.1 Å². The maximum Gasteiger partial charge on any atom is 0.352 e. The first-order chi connectivity index (χ1) is 6.61. The summed E-state index contributed by atoms with van der Waals surface area (Å²) in [6.45, 7) is 0. The monoisotopic (exact) mass is 292 g/mol. The Bertz CT molecular complexity index is 562. The van der Waals surface area contributed by atoms with E-state index in [1.807, 2.05) is 0 Å². The average molecular weight is 294 g/mol. The van der Waals surface area contributed by atoms with Crippen molar-refractivity contribution in [2.75, 3.05) is 0 Å². The van der Waals surface area contributed by atoms with Crippen molar-refractivity contribution in [3.8, 4) is 0 Å². The molecule has 0 bridgehead atoms. The highest BCUT2D eigenvalue weighted by molar-refractivity contribution is 9.10. The molecule has 1 heterocycles. The van der Waals surface area contributed by atoms with Crippen molar-refractivity contribution in [2.45, 2.75) is 0 Å². The van der Waals surface area contributed by atoms with Gasteiger partial charge in [-0.25, -0.2) is 4.79 Å². The second-order valence-electron chi connectivity index (χ2n) is 2.63. The molecule has 0 atom stereocenters. The molecule has 2 rings (SSSR count). The summed E-state index contributed by atoms with van der Waals surface area (Å²) in [4.78, 5) is 11.2. The Morgan fingerprint density at radius 2 is 2.00 bits per heavy atom. The Morgan fingerprint density at radius 3 is 2.71 bits per heavy atom. The van der Waals surface area contributed by atoms with Crippen LogP contribution in [0.1, 0.15) is 0 Å². The molecule has 0 aliphatic carbocycles. The van der Waals surface area contributed by atoms with Crippen LogP contribution in [0, 0.1) is 0 Å². The van der Waals surface area contributed by atoms with Crippen molar-refractivity contribution in [3.05, 3.63) is 43.1 Å². The molecule has 2 aromatic rings. The molecule has 0 saturated heterocycles. The fourth-order valence-corrected chi connectivity index (χ4v) is 1.86. The van der Waals surface area contributed by atoms with Gasteiger partial charge in [0.05, 0.1) is 10.0 Å². The van der Waals surface area contributed by atoms with Gasteiger partial charge in [-0.15, -0.1) is 0 Å². The van der Waals surface area contributed by atoms with Crippen LogP contribution in [-0.2, 0) is 0 Å². The van der Waals surface area contributed by atoms with Gasteiger partial charge < -0.3 is 4.42 Å². The van der Waals surface area contributed by atoms with Crippen molar-refractivity contribution >= 4 is 50.1 Å². The normalized spacial score (nSPS) is 10.8. The third kappa shape index (κ3) is 1.45. The largest absolute Gasteiger partial charge is 0.420 e. The lowest BCUT2D eigenvalue weighted by Crippen LogP contribution is -2.00. The number of rotatable bonds is 0. The number of benzene rings is 1. The average Bonchev–Trinajstić information content (AvgIpc) is 2.17. The Morgan fingerprint density at radius 1 is 1.29 bits per heavy atom. The topological polar surface area (TPSA) is 30.2 Å². The predicted octanol–water partition coefficient (Wildman–Crippen LogP) is 3.86. The van der Waals surface area contributed by atoms with Gasteiger partial charge in [0.15, 0.2) is 5.58 Å². The standard InChI is InChI=1S/C9H3BrCl2O2/c10-6-7(12)4-2-1-3-5(11)8(4)14-9(6)13/h1-3H. The van der Waals surface area contributed by atoms with Crippen LogP contribution in [0.5, 0.6) is 0 Å². The van der Waals surface area contributed by atoms with Crippen LogP contribution in [-0.4, -0.2) is 0 Å². The highest BCUT2D eigenvalue weighted by Crippen LogP contribution is 2.31. The minimum absolute atomic E-state index is 0.217. The third-order valence-corrected chi connectivity index (χ3v) is 3.41. The summed E-state index contributed by atoms with van der Waals surface area (Å²) < 4.78 is 5.20. The Kier molecular flexibility index (Phi) is 2.56. The fourth-order valence-electron chi connectivity index (χ4n) is 1.13. The fraction of sp³-hybridized carbons (Fsp3) is 0. The van der Waals surface area contributed by atoms with E-state index in [4.69, 9.17) is 27.6 Å². The van der Waals surface area contributed by atoms with Crippen molar-refractivity contribution in [2.24, 2.45) is 0 Å². The molecular formula is C9H3BrCl2O2. The molecule has 0 aliphatic rings. The van der Waals surface area contributed by atoms with Crippen LogP contribution in [0.4, 0.5) is 0 Å². The first-order valence-corrected chi connectivity index (χ1v) is 5.22. The van der Waals surface area contributed by atoms with Crippen LogP contribution in [0.15, 0.2) is 31.9 Å². The molecule has 0 amide bonds. The first-order valence-electron chi connectivity index (χ1n) is 3.67. The van der Waals surface area contributed by atoms with Gasteiger partial charge in [0.2, 0.25) is 0 Å². The lowest BCUT2D eigenvalue weighted by atomic mass is 10.2. The summed E-state index contributed by atoms with van der Waals surface area (Å²) in [6, 6.07) is 5.11.